The fraction of sp³-hybridized carbons (Fsp3) is 0.400. The van der Waals surface area contributed by atoms with Crippen LogP contribution >= 0.6 is 0 Å². The average Bonchev–Trinajstić information content (AvgIpc) is 3.14. The van der Waals surface area contributed by atoms with Crippen molar-refractivity contribution in [3.8, 4) is 0 Å². The predicted octanol–water partition coefficient (Wildman–Crippen LogP) is 1.39. The lowest BCUT2D eigenvalue weighted by Crippen LogP contribution is -2.48. The molecular weight excluding hydrogens is 358 g/mol. The molecule has 146 valence electrons. The van der Waals surface area contributed by atoms with E-state index in [9.17, 15) is 14.4 Å². The highest BCUT2D eigenvalue weighted by Crippen LogP contribution is 2.23. The Morgan fingerprint density at radius 3 is 2.46 bits per heavy atom. The van der Waals surface area contributed by atoms with E-state index in [1.54, 1.807) is 9.80 Å². The van der Waals surface area contributed by atoms with Crippen LogP contribution in [-0.4, -0.2) is 63.8 Å². The van der Waals surface area contributed by atoms with Gasteiger partial charge < -0.3 is 19.7 Å². The SMILES string of the molecule is O=CN1CCN(C(=O)c2nc(C(=O)Nc3ccccc3)n3c2CCCC3)CC1. The molecule has 2 aliphatic heterocycles. The number of aromatic nitrogens is 2. The van der Waals surface area contributed by atoms with E-state index in [1.165, 1.54) is 0 Å². The van der Waals surface area contributed by atoms with Gasteiger partial charge in [0.05, 0.1) is 5.69 Å². The number of hydrogen-bond acceptors (Lipinski definition) is 4. The molecule has 8 nitrogen and oxygen atoms in total. The molecule has 1 aromatic carbocycles. The summed E-state index contributed by atoms with van der Waals surface area (Å²) in [5, 5.41) is 2.86. The van der Waals surface area contributed by atoms with Gasteiger partial charge >= 0.3 is 0 Å². The number of benzene rings is 1. The molecule has 0 saturated carbocycles. The van der Waals surface area contributed by atoms with Gasteiger partial charge in [-0.1, -0.05) is 18.2 Å². The van der Waals surface area contributed by atoms with Crippen molar-refractivity contribution >= 4 is 23.9 Å². The molecule has 4 rings (SSSR count). The minimum atomic E-state index is -0.306. The molecule has 28 heavy (non-hydrogen) atoms. The Labute approximate surface area is 163 Å². The number of fused-ring (bicyclic) bond motifs is 1. The van der Waals surface area contributed by atoms with Crippen LogP contribution in [-0.2, 0) is 17.8 Å². The number of amides is 3. The molecule has 3 amide bonds. The first kappa shape index (κ1) is 18.2. The number of imidazole rings is 1. The zero-order valence-electron chi connectivity index (χ0n) is 15.6. The predicted molar refractivity (Wildman–Crippen MR) is 103 cm³/mol. The standard InChI is InChI=1S/C20H23N5O3/c26-14-23-10-12-24(13-11-23)20(28)17-16-8-4-5-9-25(16)18(22-17)19(27)21-15-6-2-1-3-7-15/h1-3,6-7,14H,4-5,8-13H2,(H,21,27). The van der Waals surface area contributed by atoms with E-state index >= 15 is 0 Å². The highest BCUT2D eigenvalue weighted by Gasteiger charge is 2.31. The van der Waals surface area contributed by atoms with Crippen LogP contribution in [0, 0.1) is 0 Å². The average molecular weight is 381 g/mol. The maximum Gasteiger partial charge on any atom is 0.291 e. The van der Waals surface area contributed by atoms with Crippen molar-refractivity contribution < 1.29 is 14.4 Å². The summed E-state index contributed by atoms with van der Waals surface area (Å²) >= 11 is 0. The van der Waals surface area contributed by atoms with Gasteiger partial charge in [-0.3, -0.25) is 14.4 Å². The van der Waals surface area contributed by atoms with Crippen molar-refractivity contribution in [1.29, 1.82) is 0 Å². The monoisotopic (exact) mass is 381 g/mol. The van der Waals surface area contributed by atoms with E-state index in [1.807, 2.05) is 34.9 Å². The van der Waals surface area contributed by atoms with Crippen molar-refractivity contribution in [2.45, 2.75) is 25.8 Å². The van der Waals surface area contributed by atoms with Crippen molar-refractivity contribution in [2.24, 2.45) is 0 Å². The number of nitrogens with zero attached hydrogens (tertiary/aromatic N) is 4. The minimum Gasteiger partial charge on any atom is -0.342 e. The smallest absolute Gasteiger partial charge is 0.291 e. The third kappa shape index (κ3) is 3.49. The van der Waals surface area contributed by atoms with Gasteiger partial charge in [-0.25, -0.2) is 4.98 Å². The summed E-state index contributed by atoms with van der Waals surface area (Å²) in [7, 11) is 0. The lowest BCUT2D eigenvalue weighted by atomic mass is 10.1. The summed E-state index contributed by atoms with van der Waals surface area (Å²) in [5.41, 5.74) is 1.91. The first-order valence-electron chi connectivity index (χ1n) is 9.62. The Bertz CT molecular complexity index is 885. The number of hydrogen-bond donors (Lipinski definition) is 1. The van der Waals surface area contributed by atoms with Crippen LogP contribution in [0.3, 0.4) is 0 Å². The van der Waals surface area contributed by atoms with Crippen LogP contribution < -0.4 is 5.32 Å². The number of nitrogens with one attached hydrogen (secondary N) is 1. The van der Waals surface area contributed by atoms with E-state index in [0.717, 1.165) is 31.4 Å². The van der Waals surface area contributed by atoms with E-state index < -0.39 is 0 Å². The molecule has 0 unspecified atom stereocenters. The lowest BCUT2D eigenvalue weighted by Gasteiger charge is -2.32. The minimum absolute atomic E-state index is 0.157. The summed E-state index contributed by atoms with van der Waals surface area (Å²) in [6, 6.07) is 9.22. The van der Waals surface area contributed by atoms with Gasteiger partial charge in [0.2, 0.25) is 6.41 Å². The third-order valence-corrected chi connectivity index (χ3v) is 5.31. The number of piperazine rings is 1. The van der Waals surface area contributed by atoms with Crippen LogP contribution in [0.5, 0.6) is 0 Å². The molecule has 0 radical (unpaired) electrons. The van der Waals surface area contributed by atoms with Gasteiger partial charge in [0.1, 0.15) is 5.69 Å². The van der Waals surface area contributed by atoms with Crippen LogP contribution in [0.25, 0.3) is 0 Å². The van der Waals surface area contributed by atoms with Gasteiger partial charge in [-0.2, -0.15) is 0 Å². The Balaban J connectivity index is 1.59. The molecule has 1 fully saturated rings. The molecule has 3 heterocycles. The quantitative estimate of drug-likeness (QED) is 0.811. The van der Waals surface area contributed by atoms with E-state index in [2.05, 4.69) is 10.3 Å². The Kier molecular flexibility index (Phi) is 5.10. The van der Waals surface area contributed by atoms with Crippen LogP contribution in [0.2, 0.25) is 0 Å². The summed E-state index contributed by atoms with van der Waals surface area (Å²) in [5.74, 6) is -0.178. The normalized spacial score (nSPS) is 16.4. The zero-order valence-corrected chi connectivity index (χ0v) is 15.6. The maximum atomic E-state index is 13.1. The highest BCUT2D eigenvalue weighted by molar-refractivity contribution is 6.03. The Morgan fingerprint density at radius 1 is 1.00 bits per heavy atom. The second-order valence-electron chi connectivity index (χ2n) is 7.09. The number of rotatable bonds is 4. The molecule has 0 bridgehead atoms. The summed E-state index contributed by atoms with van der Waals surface area (Å²) < 4.78 is 1.89. The first-order chi connectivity index (χ1) is 13.7. The van der Waals surface area contributed by atoms with E-state index in [0.29, 0.717) is 44.1 Å². The number of para-hydroxylation sites is 1. The summed E-state index contributed by atoms with van der Waals surface area (Å²) in [6.45, 7) is 2.69. The molecule has 0 atom stereocenters. The molecule has 1 saturated heterocycles. The molecule has 2 aromatic rings. The number of anilines is 1. The van der Waals surface area contributed by atoms with Gasteiger partial charge in [-0.05, 0) is 31.4 Å². The van der Waals surface area contributed by atoms with Crippen molar-refractivity contribution in [3.05, 3.63) is 47.5 Å². The van der Waals surface area contributed by atoms with Crippen LogP contribution in [0.4, 0.5) is 5.69 Å². The Morgan fingerprint density at radius 2 is 1.75 bits per heavy atom. The van der Waals surface area contributed by atoms with Crippen LogP contribution in [0.15, 0.2) is 30.3 Å². The van der Waals surface area contributed by atoms with Gasteiger partial charge in [0, 0.05) is 38.4 Å². The van der Waals surface area contributed by atoms with Crippen molar-refractivity contribution in [1.82, 2.24) is 19.4 Å². The fourth-order valence-electron chi connectivity index (χ4n) is 3.78. The summed E-state index contributed by atoms with van der Waals surface area (Å²) in [4.78, 5) is 44.6. The van der Waals surface area contributed by atoms with Gasteiger partial charge in [0.25, 0.3) is 11.8 Å². The third-order valence-electron chi connectivity index (χ3n) is 5.31. The first-order valence-corrected chi connectivity index (χ1v) is 9.62. The van der Waals surface area contributed by atoms with Crippen LogP contribution in [0.1, 0.15) is 39.6 Å². The molecule has 8 heteroatoms. The maximum absolute atomic E-state index is 13.1. The number of carbonyl (C=O) groups is 3. The fourth-order valence-corrected chi connectivity index (χ4v) is 3.78. The second kappa shape index (κ2) is 7.84. The number of carbonyl (C=O) groups excluding carboxylic acids is 3. The van der Waals surface area contributed by atoms with E-state index in [-0.39, 0.29) is 17.6 Å². The molecular formula is C20H23N5O3. The highest BCUT2D eigenvalue weighted by atomic mass is 16.2. The molecule has 0 spiro atoms. The van der Waals surface area contributed by atoms with Crippen molar-refractivity contribution in [3.63, 3.8) is 0 Å². The van der Waals surface area contributed by atoms with E-state index in [4.69, 9.17) is 0 Å². The van der Waals surface area contributed by atoms with Gasteiger partial charge in [-0.15, -0.1) is 0 Å². The molecule has 2 aliphatic rings. The largest absolute Gasteiger partial charge is 0.342 e. The molecule has 0 aliphatic carbocycles. The topological polar surface area (TPSA) is 87.5 Å². The lowest BCUT2D eigenvalue weighted by molar-refractivity contribution is -0.119. The zero-order chi connectivity index (χ0) is 19.5. The second-order valence-corrected chi connectivity index (χ2v) is 7.09. The molecule has 1 aromatic heterocycles. The molecule has 1 N–H and O–H groups in total. The summed E-state index contributed by atoms with van der Waals surface area (Å²) in [6.07, 6.45) is 3.48. The van der Waals surface area contributed by atoms with Gasteiger partial charge in [0.15, 0.2) is 5.82 Å². The van der Waals surface area contributed by atoms with Crippen molar-refractivity contribution in [2.75, 3.05) is 31.5 Å². The Hall–Kier alpha value is -3.16.